The van der Waals surface area contributed by atoms with Crippen molar-refractivity contribution in [3.63, 3.8) is 0 Å². The molecule has 5 heteroatoms. The van der Waals surface area contributed by atoms with E-state index in [0.717, 1.165) is 41.7 Å². The molecule has 1 aromatic heterocycles. The number of anilines is 1. The lowest BCUT2D eigenvalue weighted by molar-refractivity contribution is -0.384. The monoisotopic (exact) mass is 286 g/mol. The van der Waals surface area contributed by atoms with Crippen molar-refractivity contribution in [1.29, 1.82) is 0 Å². The summed E-state index contributed by atoms with van der Waals surface area (Å²) < 4.78 is 5.47. The summed E-state index contributed by atoms with van der Waals surface area (Å²) >= 11 is 0. The van der Waals surface area contributed by atoms with Gasteiger partial charge in [-0.2, -0.15) is 0 Å². The van der Waals surface area contributed by atoms with Crippen LogP contribution in [-0.2, 0) is 6.42 Å². The van der Waals surface area contributed by atoms with E-state index in [2.05, 4.69) is 5.32 Å². The Balaban J connectivity index is 1.96. The van der Waals surface area contributed by atoms with Crippen LogP contribution < -0.4 is 5.32 Å². The highest BCUT2D eigenvalue weighted by molar-refractivity contribution is 5.65. The topological polar surface area (TPSA) is 68.3 Å². The SMILES string of the molecule is Cc1cc(NC2CCCc3occc32)c([N+](=O)[O-])cc1C. The molecule has 0 bridgehead atoms. The first-order valence-corrected chi connectivity index (χ1v) is 7.14. The third kappa shape index (κ3) is 2.51. The van der Waals surface area contributed by atoms with Crippen LogP contribution in [-0.4, -0.2) is 4.92 Å². The number of hydrogen-bond donors (Lipinski definition) is 1. The molecule has 0 amide bonds. The Labute approximate surface area is 123 Å². The van der Waals surface area contributed by atoms with Crippen molar-refractivity contribution in [2.45, 2.75) is 39.2 Å². The molecule has 110 valence electrons. The molecule has 1 unspecified atom stereocenters. The Kier molecular flexibility index (Phi) is 3.41. The van der Waals surface area contributed by atoms with E-state index in [4.69, 9.17) is 4.42 Å². The van der Waals surface area contributed by atoms with Gasteiger partial charge < -0.3 is 9.73 Å². The van der Waals surface area contributed by atoms with E-state index in [1.54, 1.807) is 12.3 Å². The molecule has 0 spiro atoms. The van der Waals surface area contributed by atoms with E-state index in [-0.39, 0.29) is 16.7 Å². The Morgan fingerprint density at radius 3 is 2.86 bits per heavy atom. The number of nitro groups is 1. The summed E-state index contributed by atoms with van der Waals surface area (Å²) in [6.45, 7) is 3.86. The molecule has 0 aliphatic heterocycles. The second kappa shape index (κ2) is 5.24. The molecule has 0 fully saturated rings. The van der Waals surface area contributed by atoms with Crippen LogP contribution in [0.2, 0.25) is 0 Å². The fourth-order valence-electron chi connectivity index (χ4n) is 2.89. The van der Waals surface area contributed by atoms with E-state index in [9.17, 15) is 10.1 Å². The number of nitrogens with one attached hydrogen (secondary N) is 1. The smallest absolute Gasteiger partial charge is 0.292 e. The first kappa shape index (κ1) is 13.7. The molecule has 1 aliphatic rings. The molecule has 1 aliphatic carbocycles. The minimum Gasteiger partial charge on any atom is -0.469 e. The molecule has 2 aromatic rings. The van der Waals surface area contributed by atoms with E-state index >= 15 is 0 Å². The lowest BCUT2D eigenvalue weighted by Crippen LogP contribution is -2.16. The zero-order valence-electron chi connectivity index (χ0n) is 12.2. The molecule has 1 aromatic carbocycles. The third-order valence-corrected chi connectivity index (χ3v) is 4.19. The van der Waals surface area contributed by atoms with Gasteiger partial charge in [0.1, 0.15) is 11.4 Å². The lowest BCUT2D eigenvalue weighted by Gasteiger charge is -2.24. The molecule has 0 saturated heterocycles. The number of furan rings is 1. The fraction of sp³-hybridized carbons (Fsp3) is 0.375. The predicted octanol–water partition coefficient (Wildman–Crippen LogP) is 4.29. The molecule has 1 atom stereocenters. The molecule has 3 rings (SSSR count). The zero-order chi connectivity index (χ0) is 15.0. The molecule has 0 saturated carbocycles. The number of rotatable bonds is 3. The van der Waals surface area contributed by atoms with Gasteiger partial charge in [0.25, 0.3) is 5.69 Å². The van der Waals surface area contributed by atoms with Crippen LogP contribution in [0, 0.1) is 24.0 Å². The highest BCUT2D eigenvalue weighted by Gasteiger charge is 2.25. The minimum absolute atomic E-state index is 0.0771. The maximum Gasteiger partial charge on any atom is 0.292 e. The van der Waals surface area contributed by atoms with E-state index in [1.807, 2.05) is 26.0 Å². The molecular weight excluding hydrogens is 268 g/mol. The second-order valence-corrected chi connectivity index (χ2v) is 5.60. The van der Waals surface area contributed by atoms with Gasteiger partial charge in [-0.1, -0.05) is 0 Å². The summed E-state index contributed by atoms with van der Waals surface area (Å²) in [5.74, 6) is 0.991. The molecule has 1 N–H and O–H groups in total. The molecule has 0 radical (unpaired) electrons. The highest BCUT2D eigenvalue weighted by atomic mass is 16.6. The Morgan fingerprint density at radius 2 is 2.10 bits per heavy atom. The van der Waals surface area contributed by atoms with E-state index in [0.29, 0.717) is 5.69 Å². The zero-order valence-corrected chi connectivity index (χ0v) is 12.2. The Bertz CT molecular complexity index is 691. The van der Waals surface area contributed by atoms with Gasteiger partial charge in [-0.05, 0) is 49.9 Å². The van der Waals surface area contributed by atoms with Crippen LogP contribution in [0.5, 0.6) is 0 Å². The van der Waals surface area contributed by atoms with Gasteiger partial charge in [-0.15, -0.1) is 0 Å². The summed E-state index contributed by atoms with van der Waals surface area (Å²) in [4.78, 5) is 10.9. The Morgan fingerprint density at radius 1 is 1.33 bits per heavy atom. The summed E-state index contributed by atoms with van der Waals surface area (Å²) in [5, 5.41) is 14.6. The Hall–Kier alpha value is -2.30. The standard InChI is InChI=1S/C16H18N2O3/c1-10-8-14(15(18(19)20)9-11(10)2)17-13-4-3-5-16-12(13)6-7-21-16/h6-9,13,17H,3-5H2,1-2H3. The van der Waals surface area contributed by atoms with Gasteiger partial charge in [0.2, 0.25) is 0 Å². The molecule has 21 heavy (non-hydrogen) atoms. The number of nitrogens with zero attached hydrogens (tertiary/aromatic N) is 1. The van der Waals surface area contributed by atoms with Crippen LogP contribution in [0.25, 0.3) is 0 Å². The normalized spacial score (nSPS) is 17.3. The number of aryl methyl sites for hydroxylation is 3. The lowest BCUT2D eigenvalue weighted by atomic mass is 9.93. The average Bonchev–Trinajstić information content (AvgIpc) is 2.91. The maximum atomic E-state index is 11.3. The summed E-state index contributed by atoms with van der Waals surface area (Å²) in [6, 6.07) is 5.53. The summed E-state index contributed by atoms with van der Waals surface area (Å²) in [5.41, 5.74) is 3.82. The van der Waals surface area contributed by atoms with Crippen molar-refractivity contribution in [2.24, 2.45) is 0 Å². The molecular formula is C16H18N2O3. The van der Waals surface area contributed by atoms with Crippen LogP contribution in [0.3, 0.4) is 0 Å². The first-order chi connectivity index (χ1) is 10.1. The summed E-state index contributed by atoms with van der Waals surface area (Å²) in [7, 11) is 0. The number of hydrogen-bond acceptors (Lipinski definition) is 4. The van der Waals surface area contributed by atoms with E-state index in [1.165, 1.54) is 0 Å². The van der Waals surface area contributed by atoms with E-state index < -0.39 is 0 Å². The van der Waals surface area contributed by atoms with Gasteiger partial charge in [0.05, 0.1) is 17.2 Å². The quantitative estimate of drug-likeness (QED) is 0.675. The van der Waals surface area contributed by atoms with Gasteiger partial charge in [0, 0.05) is 18.1 Å². The molecule has 1 heterocycles. The summed E-state index contributed by atoms with van der Waals surface area (Å²) in [6.07, 6.45) is 4.61. The largest absolute Gasteiger partial charge is 0.469 e. The molecule has 5 nitrogen and oxygen atoms in total. The predicted molar refractivity (Wildman–Crippen MR) is 80.6 cm³/mol. The van der Waals surface area contributed by atoms with Crippen LogP contribution in [0.15, 0.2) is 28.9 Å². The van der Waals surface area contributed by atoms with Crippen molar-refractivity contribution in [1.82, 2.24) is 0 Å². The number of fused-ring (bicyclic) bond motifs is 1. The maximum absolute atomic E-state index is 11.3. The van der Waals surface area contributed by atoms with Crippen molar-refractivity contribution in [3.8, 4) is 0 Å². The van der Waals surface area contributed by atoms with Gasteiger partial charge >= 0.3 is 0 Å². The minimum atomic E-state index is -0.326. The van der Waals surface area contributed by atoms with Crippen LogP contribution in [0.1, 0.15) is 41.3 Å². The third-order valence-electron chi connectivity index (χ3n) is 4.19. The van der Waals surface area contributed by atoms with Crippen LogP contribution in [0.4, 0.5) is 11.4 Å². The van der Waals surface area contributed by atoms with Crippen LogP contribution >= 0.6 is 0 Å². The van der Waals surface area contributed by atoms with Crippen molar-refractivity contribution >= 4 is 11.4 Å². The van der Waals surface area contributed by atoms with Crippen molar-refractivity contribution in [2.75, 3.05) is 5.32 Å². The fourth-order valence-corrected chi connectivity index (χ4v) is 2.89. The van der Waals surface area contributed by atoms with Crippen molar-refractivity contribution < 1.29 is 9.34 Å². The average molecular weight is 286 g/mol. The van der Waals surface area contributed by atoms with Gasteiger partial charge in [0.15, 0.2) is 0 Å². The second-order valence-electron chi connectivity index (χ2n) is 5.60. The van der Waals surface area contributed by atoms with Gasteiger partial charge in [-0.25, -0.2) is 0 Å². The van der Waals surface area contributed by atoms with Crippen molar-refractivity contribution in [3.05, 3.63) is 57.0 Å². The van der Waals surface area contributed by atoms with Gasteiger partial charge in [-0.3, -0.25) is 10.1 Å². The number of benzene rings is 1. The highest BCUT2D eigenvalue weighted by Crippen LogP contribution is 2.36. The number of nitro benzene ring substituents is 1. The first-order valence-electron chi connectivity index (χ1n) is 7.14.